The molecule has 0 bridgehead atoms. The Kier molecular flexibility index (Phi) is 4.95. The fourth-order valence-electron chi connectivity index (χ4n) is 3.47. The van der Waals surface area contributed by atoms with E-state index >= 15 is 0 Å². The highest BCUT2D eigenvalue weighted by molar-refractivity contribution is 8.04. The molecular formula is C21H24N2O2S2. The van der Waals surface area contributed by atoms with Crippen LogP contribution in [0.15, 0.2) is 47.1 Å². The molecule has 4 rings (SSSR count). The summed E-state index contributed by atoms with van der Waals surface area (Å²) in [5.74, 6) is -0.221. The molecule has 2 aliphatic carbocycles. The zero-order valence-electron chi connectivity index (χ0n) is 15.8. The van der Waals surface area contributed by atoms with Gasteiger partial charge in [0.2, 0.25) is 0 Å². The van der Waals surface area contributed by atoms with E-state index in [4.69, 9.17) is 4.74 Å². The van der Waals surface area contributed by atoms with Gasteiger partial charge in [-0.15, -0.1) is 11.3 Å². The van der Waals surface area contributed by atoms with Gasteiger partial charge < -0.3 is 14.8 Å². The van der Waals surface area contributed by atoms with Crippen LogP contribution in [-0.4, -0.2) is 17.6 Å². The average molecular weight is 401 g/mol. The molecular weight excluding hydrogens is 376 g/mol. The highest BCUT2D eigenvalue weighted by Crippen LogP contribution is 2.42. The molecule has 27 heavy (non-hydrogen) atoms. The smallest absolute Gasteiger partial charge is 0.341 e. The van der Waals surface area contributed by atoms with Crippen LogP contribution >= 0.6 is 23.3 Å². The Hall–Kier alpha value is -1.92. The number of thiophene rings is 1. The third-order valence-corrected chi connectivity index (χ3v) is 6.85. The Labute approximate surface area is 168 Å². The molecule has 0 saturated carbocycles. The van der Waals surface area contributed by atoms with Gasteiger partial charge in [0.05, 0.1) is 11.6 Å². The fraction of sp³-hybridized carbons (Fsp3) is 0.381. The zero-order valence-corrected chi connectivity index (χ0v) is 17.4. The number of rotatable bonds is 4. The number of aryl methyl sites for hydroxylation is 1. The topological polar surface area (TPSA) is 50.4 Å². The Morgan fingerprint density at radius 1 is 1.30 bits per heavy atom. The van der Waals surface area contributed by atoms with Gasteiger partial charge in [0.15, 0.2) is 0 Å². The van der Waals surface area contributed by atoms with Gasteiger partial charge in [-0.2, -0.15) is 0 Å². The van der Waals surface area contributed by atoms with E-state index in [1.54, 1.807) is 23.3 Å². The van der Waals surface area contributed by atoms with Crippen LogP contribution in [0.4, 0.5) is 5.00 Å². The maximum atomic E-state index is 12.9. The van der Waals surface area contributed by atoms with Crippen molar-refractivity contribution in [1.29, 1.82) is 0 Å². The van der Waals surface area contributed by atoms with E-state index < -0.39 is 5.60 Å². The number of allylic oxidation sites excluding steroid dienone is 4. The Balaban J connectivity index is 1.55. The van der Waals surface area contributed by atoms with E-state index in [-0.39, 0.29) is 12.0 Å². The molecule has 0 radical (unpaired) electrons. The van der Waals surface area contributed by atoms with Gasteiger partial charge in [0, 0.05) is 9.78 Å². The van der Waals surface area contributed by atoms with E-state index in [1.807, 2.05) is 33.0 Å². The third-order valence-electron chi connectivity index (χ3n) is 4.60. The van der Waals surface area contributed by atoms with Gasteiger partial charge in [-0.3, -0.25) is 0 Å². The van der Waals surface area contributed by atoms with Crippen molar-refractivity contribution in [1.82, 2.24) is 5.32 Å². The molecule has 3 aliphatic rings. The van der Waals surface area contributed by atoms with Crippen LogP contribution in [0.25, 0.3) is 0 Å². The number of hydrogen-bond acceptors (Lipinski definition) is 6. The second-order valence-electron chi connectivity index (χ2n) is 7.82. The van der Waals surface area contributed by atoms with E-state index in [1.165, 1.54) is 20.9 Å². The van der Waals surface area contributed by atoms with Gasteiger partial charge in [-0.25, -0.2) is 4.79 Å². The summed E-state index contributed by atoms with van der Waals surface area (Å²) >= 11 is 3.26. The Bertz CT molecular complexity index is 885. The number of fused-ring (bicyclic) bond motifs is 2. The predicted octanol–water partition coefficient (Wildman–Crippen LogP) is 5.12. The fourth-order valence-corrected chi connectivity index (χ4v) is 5.67. The Morgan fingerprint density at radius 2 is 2.15 bits per heavy atom. The molecule has 0 amide bonds. The first-order valence-corrected chi connectivity index (χ1v) is 10.9. The lowest BCUT2D eigenvalue weighted by Gasteiger charge is -2.26. The number of nitrogens with one attached hydrogen (secondary N) is 2. The summed E-state index contributed by atoms with van der Waals surface area (Å²) in [6.07, 6.45) is 15.5. The largest absolute Gasteiger partial charge is 0.456 e. The summed E-state index contributed by atoms with van der Waals surface area (Å²) in [6.45, 7) is 5.73. The molecule has 1 aromatic heterocycles. The molecule has 2 heterocycles. The lowest BCUT2D eigenvalue weighted by molar-refractivity contribution is 0.00702. The van der Waals surface area contributed by atoms with Crippen molar-refractivity contribution in [3.05, 3.63) is 63.1 Å². The molecule has 0 spiro atoms. The van der Waals surface area contributed by atoms with Crippen LogP contribution in [0.3, 0.4) is 0 Å². The monoisotopic (exact) mass is 400 g/mol. The van der Waals surface area contributed by atoms with Crippen molar-refractivity contribution in [3.8, 4) is 0 Å². The highest BCUT2D eigenvalue weighted by Gasteiger charge is 2.30. The molecule has 0 fully saturated rings. The quantitative estimate of drug-likeness (QED) is 0.543. The van der Waals surface area contributed by atoms with Crippen LogP contribution in [-0.2, 0) is 17.6 Å². The van der Waals surface area contributed by atoms with Crippen molar-refractivity contribution in [2.75, 3.05) is 4.72 Å². The molecule has 6 heteroatoms. The minimum atomic E-state index is -0.496. The van der Waals surface area contributed by atoms with Gasteiger partial charge in [-0.05, 0) is 81.5 Å². The molecule has 1 unspecified atom stereocenters. The molecule has 1 atom stereocenters. The Morgan fingerprint density at radius 3 is 2.96 bits per heavy atom. The number of ether oxygens (including phenoxy) is 1. The lowest BCUT2D eigenvalue weighted by atomic mass is 10.00. The second-order valence-corrected chi connectivity index (χ2v) is 9.81. The molecule has 0 aromatic carbocycles. The summed E-state index contributed by atoms with van der Waals surface area (Å²) in [4.78, 5) is 15.4. The number of hydrogen-bond donors (Lipinski definition) is 2. The van der Waals surface area contributed by atoms with E-state index in [2.05, 4.69) is 34.3 Å². The predicted molar refractivity (Wildman–Crippen MR) is 114 cm³/mol. The van der Waals surface area contributed by atoms with E-state index in [0.29, 0.717) is 0 Å². The van der Waals surface area contributed by atoms with Crippen LogP contribution in [0.5, 0.6) is 0 Å². The zero-order chi connectivity index (χ0) is 19.0. The number of anilines is 1. The molecule has 2 N–H and O–H groups in total. The van der Waals surface area contributed by atoms with Gasteiger partial charge in [0.1, 0.15) is 10.6 Å². The molecule has 142 valence electrons. The number of carbonyl (C=O) groups excluding carboxylic acids is 1. The number of carbonyl (C=O) groups is 1. The van der Waals surface area contributed by atoms with E-state index in [9.17, 15) is 4.79 Å². The van der Waals surface area contributed by atoms with Crippen molar-refractivity contribution in [2.45, 2.75) is 51.7 Å². The first kappa shape index (κ1) is 18.4. The van der Waals surface area contributed by atoms with Crippen LogP contribution in [0, 0.1) is 0 Å². The number of esters is 1. The third kappa shape index (κ3) is 3.87. The summed E-state index contributed by atoms with van der Waals surface area (Å²) < 4.78 is 9.14. The van der Waals surface area contributed by atoms with Crippen molar-refractivity contribution in [3.63, 3.8) is 0 Å². The maximum absolute atomic E-state index is 12.9. The molecule has 1 aliphatic heterocycles. The first-order chi connectivity index (χ1) is 12.9. The van der Waals surface area contributed by atoms with Gasteiger partial charge in [-0.1, -0.05) is 18.2 Å². The summed E-state index contributed by atoms with van der Waals surface area (Å²) in [5, 5.41) is 4.31. The van der Waals surface area contributed by atoms with Crippen molar-refractivity contribution in [2.24, 2.45) is 0 Å². The van der Waals surface area contributed by atoms with Gasteiger partial charge >= 0.3 is 5.97 Å². The van der Waals surface area contributed by atoms with Crippen molar-refractivity contribution >= 4 is 34.3 Å². The van der Waals surface area contributed by atoms with Crippen molar-refractivity contribution < 1.29 is 9.53 Å². The van der Waals surface area contributed by atoms with Crippen LogP contribution < -0.4 is 10.0 Å². The minimum Gasteiger partial charge on any atom is -0.456 e. The first-order valence-electron chi connectivity index (χ1n) is 9.24. The summed E-state index contributed by atoms with van der Waals surface area (Å²) in [6, 6.07) is 0.161. The second kappa shape index (κ2) is 7.24. The number of dihydropyridines is 1. The van der Waals surface area contributed by atoms with Crippen LogP contribution in [0.1, 0.15) is 48.0 Å². The standard InChI is InChI=1S/C21H24N2O2S2/c1-21(2,3)25-20(24)17-14-9-5-10-15(14)26-19(17)23-27-16-11-4-7-13-8-6-12-22-18(13)16/h4,6-8,11-12,18,22-23H,5,9-10H2,1-3H3. The van der Waals surface area contributed by atoms with E-state index in [0.717, 1.165) is 29.8 Å². The molecule has 1 aromatic rings. The maximum Gasteiger partial charge on any atom is 0.341 e. The SMILES string of the molecule is CC(C)(C)OC(=O)c1c(NSC2=CC=CC3=CC=CNC32)sc2c1CCC2. The average Bonchev–Trinajstić information content (AvgIpc) is 3.18. The van der Waals surface area contributed by atoms with Gasteiger partial charge in [0.25, 0.3) is 0 Å². The molecule has 4 nitrogen and oxygen atoms in total. The minimum absolute atomic E-state index is 0.161. The van der Waals surface area contributed by atoms with Crippen LogP contribution in [0.2, 0.25) is 0 Å². The highest BCUT2D eigenvalue weighted by atomic mass is 32.2. The summed E-state index contributed by atoms with van der Waals surface area (Å²) in [7, 11) is 0. The lowest BCUT2D eigenvalue weighted by Crippen LogP contribution is -2.30. The molecule has 0 saturated heterocycles. The normalized spacial score (nSPS) is 20.3. The summed E-state index contributed by atoms with van der Waals surface area (Å²) in [5.41, 5.74) is 2.65.